The third kappa shape index (κ3) is 5.17. The summed E-state index contributed by atoms with van der Waals surface area (Å²) in [5, 5.41) is 12.6. The molecule has 2 aliphatic rings. The summed E-state index contributed by atoms with van der Waals surface area (Å²) in [5.41, 5.74) is -0.651. The Morgan fingerprint density at radius 3 is 2.43 bits per heavy atom. The van der Waals surface area contributed by atoms with Gasteiger partial charge in [-0.15, -0.1) is 0 Å². The van der Waals surface area contributed by atoms with Crippen LogP contribution in [0.2, 0.25) is 0 Å². The van der Waals surface area contributed by atoms with Gasteiger partial charge in [-0.25, -0.2) is 4.79 Å². The summed E-state index contributed by atoms with van der Waals surface area (Å²) >= 11 is 0. The molecule has 0 radical (unpaired) electrons. The van der Waals surface area contributed by atoms with Crippen molar-refractivity contribution in [1.82, 2.24) is 4.90 Å². The summed E-state index contributed by atoms with van der Waals surface area (Å²) < 4.78 is 43.7. The van der Waals surface area contributed by atoms with E-state index in [1.54, 1.807) is 4.90 Å². The Kier molecular flexibility index (Phi) is 6.50. The standard InChI is InChI=1S/C20H27F3N2O3/c21-20(22,23)15-4-6-16(7-5-15)24-18(27)25-10-8-19(14-26,9-11-25)13-17-3-1-2-12-28-17/h4-7,17,26H,1-3,8-14H2,(H,24,27)/t17-/m1/s1. The number of carbonyl (C=O) groups excluding carboxylic acids is 1. The van der Waals surface area contributed by atoms with E-state index < -0.39 is 11.7 Å². The predicted octanol–water partition coefficient (Wildman–Crippen LogP) is 4.27. The molecule has 2 saturated heterocycles. The number of likely N-dealkylation sites (tertiary alicyclic amines) is 1. The Hall–Kier alpha value is -1.80. The zero-order valence-corrected chi connectivity index (χ0v) is 15.8. The molecule has 0 spiro atoms. The SMILES string of the molecule is O=C(Nc1ccc(C(F)(F)F)cc1)N1CCC(CO)(C[C@H]2CCCCO2)CC1. The third-order valence-electron chi connectivity index (χ3n) is 5.84. The van der Waals surface area contributed by atoms with E-state index in [-0.39, 0.29) is 24.2 Å². The molecule has 1 aromatic rings. The first-order chi connectivity index (χ1) is 13.3. The molecular formula is C20H27F3N2O3. The number of urea groups is 1. The number of hydrogen-bond donors (Lipinski definition) is 2. The van der Waals surface area contributed by atoms with E-state index in [2.05, 4.69) is 5.32 Å². The second-order valence-electron chi connectivity index (χ2n) is 7.84. The smallest absolute Gasteiger partial charge is 0.396 e. The van der Waals surface area contributed by atoms with Crippen LogP contribution in [0.4, 0.5) is 23.7 Å². The van der Waals surface area contributed by atoms with Crippen LogP contribution < -0.4 is 5.32 Å². The molecule has 5 nitrogen and oxygen atoms in total. The minimum absolute atomic E-state index is 0.0707. The number of nitrogens with one attached hydrogen (secondary N) is 1. The van der Waals surface area contributed by atoms with Crippen LogP contribution >= 0.6 is 0 Å². The lowest BCUT2D eigenvalue weighted by Crippen LogP contribution is -2.47. The number of anilines is 1. The topological polar surface area (TPSA) is 61.8 Å². The van der Waals surface area contributed by atoms with Crippen LogP contribution in [0.25, 0.3) is 0 Å². The minimum atomic E-state index is -4.40. The molecule has 2 N–H and O–H groups in total. The molecule has 1 atom stereocenters. The van der Waals surface area contributed by atoms with Gasteiger partial charge < -0.3 is 20.1 Å². The van der Waals surface area contributed by atoms with E-state index in [1.165, 1.54) is 12.1 Å². The molecule has 3 rings (SSSR count). The molecule has 0 saturated carbocycles. The molecule has 156 valence electrons. The van der Waals surface area contributed by atoms with Gasteiger partial charge in [0.05, 0.1) is 11.7 Å². The molecule has 0 aliphatic carbocycles. The Morgan fingerprint density at radius 2 is 1.89 bits per heavy atom. The van der Waals surface area contributed by atoms with Crippen molar-refractivity contribution < 1.29 is 27.8 Å². The summed E-state index contributed by atoms with van der Waals surface area (Å²) in [4.78, 5) is 14.1. The van der Waals surface area contributed by atoms with Crippen LogP contribution in [-0.4, -0.2) is 48.4 Å². The molecule has 2 amide bonds. The Labute approximate surface area is 162 Å². The minimum Gasteiger partial charge on any atom is -0.396 e. The highest BCUT2D eigenvalue weighted by Gasteiger charge is 2.38. The number of benzene rings is 1. The van der Waals surface area contributed by atoms with E-state index >= 15 is 0 Å². The molecule has 0 aromatic heterocycles. The van der Waals surface area contributed by atoms with Gasteiger partial charge in [-0.2, -0.15) is 13.2 Å². The van der Waals surface area contributed by atoms with Gasteiger partial charge >= 0.3 is 12.2 Å². The lowest BCUT2D eigenvalue weighted by atomic mass is 9.74. The van der Waals surface area contributed by atoms with Gasteiger partial charge in [-0.05, 0) is 68.2 Å². The number of aliphatic hydroxyl groups excluding tert-OH is 1. The quantitative estimate of drug-likeness (QED) is 0.793. The highest BCUT2D eigenvalue weighted by molar-refractivity contribution is 5.89. The second-order valence-corrected chi connectivity index (χ2v) is 7.84. The van der Waals surface area contributed by atoms with Crippen molar-refractivity contribution in [3.63, 3.8) is 0 Å². The maximum absolute atomic E-state index is 12.6. The van der Waals surface area contributed by atoms with Gasteiger partial charge in [0.25, 0.3) is 0 Å². The molecule has 1 aromatic carbocycles. The number of halogens is 3. The summed E-state index contributed by atoms with van der Waals surface area (Å²) in [6.45, 7) is 1.84. The van der Waals surface area contributed by atoms with Gasteiger partial charge in [0.15, 0.2) is 0 Å². The van der Waals surface area contributed by atoms with E-state index in [0.29, 0.717) is 31.6 Å². The second kappa shape index (κ2) is 8.69. The molecule has 0 unspecified atom stereocenters. The number of carbonyl (C=O) groups is 1. The Bertz CT molecular complexity index is 650. The van der Waals surface area contributed by atoms with Crippen LogP contribution in [-0.2, 0) is 10.9 Å². The lowest BCUT2D eigenvalue weighted by Gasteiger charge is -2.43. The fourth-order valence-electron chi connectivity index (χ4n) is 4.01. The number of hydrogen-bond acceptors (Lipinski definition) is 3. The normalized spacial score (nSPS) is 22.7. The molecular weight excluding hydrogens is 373 g/mol. The van der Waals surface area contributed by atoms with Crippen molar-refractivity contribution in [3.8, 4) is 0 Å². The van der Waals surface area contributed by atoms with Gasteiger partial charge in [0.1, 0.15) is 0 Å². The van der Waals surface area contributed by atoms with E-state index in [0.717, 1.165) is 44.4 Å². The van der Waals surface area contributed by atoms with Crippen molar-refractivity contribution in [2.45, 2.75) is 50.8 Å². The monoisotopic (exact) mass is 400 g/mol. The highest BCUT2D eigenvalue weighted by atomic mass is 19.4. The highest BCUT2D eigenvalue weighted by Crippen LogP contribution is 2.38. The summed E-state index contributed by atoms with van der Waals surface area (Å²) in [6, 6.07) is 4.08. The van der Waals surface area contributed by atoms with Gasteiger partial charge in [0, 0.05) is 32.0 Å². The number of nitrogens with zero attached hydrogens (tertiary/aromatic N) is 1. The maximum Gasteiger partial charge on any atom is 0.416 e. The molecule has 8 heteroatoms. The van der Waals surface area contributed by atoms with E-state index in [1.807, 2.05) is 0 Å². The summed E-state index contributed by atoms with van der Waals surface area (Å²) in [7, 11) is 0. The first-order valence-corrected chi connectivity index (χ1v) is 9.77. The first-order valence-electron chi connectivity index (χ1n) is 9.77. The fourth-order valence-corrected chi connectivity index (χ4v) is 4.01. The van der Waals surface area contributed by atoms with Crippen molar-refractivity contribution >= 4 is 11.7 Å². The van der Waals surface area contributed by atoms with E-state index in [4.69, 9.17) is 4.74 Å². The largest absolute Gasteiger partial charge is 0.416 e. The third-order valence-corrected chi connectivity index (χ3v) is 5.84. The van der Waals surface area contributed by atoms with Crippen molar-refractivity contribution in [2.75, 3.05) is 31.6 Å². The van der Waals surface area contributed by atoms with Crippen LogP contribution in [0, 0.1) is 5.41 Å². The molecule has 2 fully saturated rings. The Morgan fingerprint density at radius 1 is 1.21 bits per heavy atom. The summed E-state index contributed by atoms with van der Waals surface area (Å²) in [6.07, 6.45) is 1.19. The number of rotatable bonds is 4. The fraction of sp³-hybridized carbons (Fsp3) is 0.650. The van der Waals surface area contributed by atoms with E-state index in [9.17, 15) is 23.1 Å². The van der Waals surface area contributed by atoms with Gasteiger partial charge in [0.2, 0.25) is 0 Å². The van der Waals surface area contributed by atoms with Gasteiger partial charge in [-0.1, -0.05) is 0 Å². The zero-order chi connectivity index (χ0) is 20.2. The number of amides is 2. The number of aliphatic hydroxyl groups is 1. The average molecular weight is 400 g/mol. The number of ether oxygens (including phenoxy) is 1. The molecule has 2 aliphatic heterocycles. The van der Waals surface area contributed by atoms with Crippen molar-refractivity contribution in [3.05, 3.63) is 29.8 Å². The first kappa shape index (κ1) is 20.9. The van der Waals surface area contributed by atoms with Crippen LogP contribution in [0.15, 0.2) is 24.3 Å². The van der Waals surface area contributed by atoms with Crippen LogP contribution in [0.5, 0.6) is 0 Å². The number of piperidine rings is 1. The van der Waals surface area contributed by atoms with Gasteiger partial charge in [-0.3, -0.25) is 0 Å². The predicted molar refractivity (Wildman–Crippen MR) is 99.0 cm³/mol. The number of alkyl halides is 3. The maximum atomic E-state index is 12.6. The molecule has 28 heavy (non-hydrogen) atoms. The zero-order valence-electron chi connectivity index (χ0n) is 15.8. The average Bonchev–Trinajstić information content (AvgIpc) is 2.69. The van der Waals surface area contributed by atoms with Crippen LogP contribution in [0.1, 0.15) is 44.1 Å². The lowest BCUT2D eigenvalue weighted by molar-refractivity contribution is -0.137. The summed E-state index contributed by atoms with van der Waals surface area (Å²) in [5.74, 6) is 0. The molecule has 0 bridgehead atoms. The molecule has 2 heterocycles. The van der Waals surface area contributed by atoms with Crippen molar-refractivity contribution in [2.24, 2.45) is 5.41 Å². The van der Waals surface area contributed by atoms with Crippen LogP contribution in [0.3, 0.4) is 0 Å². The Balaban J connectivity index is 1.52. The van der Waals surface area contributed by atoms with Crippen molar-refractivity contribution in [1.29, 1.82) is 0 Å².